The van der Waals surface area contributed by atoms with Crippen LogP contribution in [0.25, 0.3) is 0 Å². The van der Waals surface area contributed by atoms with Crippen LogP contribution < -0.4 is 4.72 Å². The molecule has 0 saturated carbocycles. The van der Waals surface area contributed by atoms with Crippen LogP contribution >= 0.6 is 0 Å². The van der Waals surface area contributed by atoms with Crippen molar-refractivity contribution in [3.05, 3.63) is 58.1 Å². The number of carbonyl (C=O) groups is 2. The van der Waals surface area contributed by atoms with Crippen LogP contribution in [0.3, 0.4) is 0 Å². The maximum Gasteiger partial charge on any atom is 0.338 e. The Kier molecular flexibility index (Phi) is 7.02. The molecule has 0 unspecified atom stereocenters. The van der Waals surface area contributed by atoms with E-state index in [1.165, 1.54) is 18.2 Å². The van der Waals surface area contributed by atoms with Crippen molar-refractivity contribution in [3.63, 3.8) is 0 Å². The first-order chi connectivity index (χ1) is 13.6. The largest absolute Gasteiger partial charge is 0.462 e. The van der Waals surface area contributed by atoms with Gasteiger partial charge in [-0.3, -0.25) is 4.72 Å². The normalized spacial score (nSPS) is 11.1. The summed E-state index contributed by atoms with van der Waals surface area (Å²) in [5.74, 6) is -1.33. The molecule has 0 amide bonds. The number of anilines is 1. The second kappa shape index (κ2) is 9.09. The average molecular weight is 419 g/mol. The molecule has 2 aromatic rings. The first-order valence-corrected chi connectivity index (χ1v) is 10.7. The van der Waals surface area contributed by atoms with Crippen molar-refractivity contribution in [2.24, 2.45) is 0 Å². The topological polar surface area (TPSA) is 98.8 Å². The van der Waals surface area contributed by atoms with E-state index in [1.807, 2.05) is 6.92 Å². The average Bonchev–Trinajstić information content (AvgIpc) is 2.60. The lowest BCUT2D eigenvalue weighted by atomic mass is 10.1. The number of carbonyl (C=O) groups excluding carboxylic acids is 2. The van der Waals surface area contributed by atoms with Crippen molar-refractivity contribution < 1.29 is 27.5 Å². The van der Waals surface area contributed by atoms with Gasteiger partial charge in [0.25, 0.3) is 10.0 Å². The number of ether oxygens (including phenoxy) is 2. The van der Waals surface area contributed by atoms with Crippen LogP contribution in [0.2, 0.25) is 0 Å². The molecule has 0 radical (unpaired) electrons. The second-order valence-electron chi connectivity index (χ2n) is 6.57. The molecule has 8 heteroatoms. The summed E-state index contributed by atoms with van der Waals surface area (Å²) in [5.41, 5.74) is 2.31. The van der Waals surface area contributed by atoms with Gasteiger partial charge in [0.1, 0.15) is 0 Å². The van der Waals surface area contributed by atoms with Crippen LogP contribution in [0.1, 0.15) is 51.3 Å². The number of nitrogens with one attached hydrogen (secondary N) is 1. The Morgan fingerprint density at radius 3 is 1.69 bits per heavy atom. The van der Waals surface area contributed by atoms with E-state index in [0.29, 0.717) is 11.1 Å². The van der Waals surface area contributed by atoms with Gasteiger partial charge in [-0.2, -0.15) is 0 Å². The van der Waals surface area contributed by atoms with Crippen LogP contribution in [-0.2, 0) is 19.5 Å². The number of esters is 2. The van der Waals surface area contributed by atoms with E-state index in [2.05, 4.69) is 4.72 Å². The Labute approximate surface area is 171 Å². The van der Waals surface area contributed by atoms with E-state index < -0.39 is 22.0 Å². The number of hydrogen-bond donors (Lipinski definition) is 1. The molecule has 29 heavy (non-hydrogen) atoms. The lowest BCUT2D eigenvalue weighted by Crippen LogP contribution is -2.17. The smallest absolute Gasteiger partial charge is 0.338 e. The molecule has 0 aromatic heterocycles. The Bertz CT molecular complexity index is 984. The molecule has 0 aliphatic carbocycles. The zero-order valence-electron chi connectivity index (χ0n) is 17.2. The third-order valence-electron chi connectivity index (χ3n) is 4.08. The van der Waals surface area contributed by atoms with Gasteiger partial charge in [-0.15, -0.1) is 0 Å². The monoisotopic (exact) mass is 419 g/mol. The van der Waals surface area contributed by atoms with E-state index in [9.17, 15) is 18.0 Å². The Balaban J connectivity index is 2.53. The van der Waals surface area contributed by atoms with Crippen molar-refractivity contribution in [1.29, 1.82) is 0 Å². The Morgan fingerprint density at radius 2 is 1.28 bits per heavy atom. The van der Waals surface area contributed by atoms with Gasteiger partial charge in [-0.25, -0.2) is 18.0 Å². The molecule has 0 atom stereocenters. The third-order valence-corrected chi connectivity index (χ3v) is 5.77. The highest BCUT2D eigenvalue weighted by atomic mass is 32.2. The molecule has 0 bridgehead atoms. The van der Waals surface area contributed by atoms with Gasteiger partial charge in [-0.1, -0.05) is 17.7 Å². The lowest BCUT2D eigenvalue weighted by Gasteiger charge is -2.15. The minimum atomic E-state index is -3.96. The summed E-state index contributed by atoms with van der Waals surface area (Å²) >= 11 is 0. The van der Waals surface area contributed by atoms with Gasteiger partial charge in [0.05, 0.1) is 34.9 Å². The molecule has 7 nitrogen and oxygen atoms in total. The van der Waals surface area contributed by atoms with Gasteiger partial charge < -0.3 is 9.47 Å². The van der Waals surface area contributed by atoms with Crippen LogP contribution in [0.5, 0.6) is 0 Å². The summed E-state index contributed by atoms with van der Waals surface area (Å²) in [7, 11) is -3.96. The molecule has 0 heterocycles. The summed E-state index contributed by atoms with van der Waals surface area (Å²) in [4.78, 5) is 24.5. The molecule has 2 aromatic carbocycles. The molecule has 156 valence electrons. The van der Waals surface area contributed by atoms with E-state index in [0.717, 1.165) is 5.56 Å². The highest BCUT2D eigenvalue weighted by Crippen LogP contribution is 2.26. The number of aryl methyl sites for hydroxylation is 3. The van der Waals surface area contributed by atoms with E-state index >= 15 is 0 Å². The number of hydrogen-bond acceptors (Lipinski definition) is 6. The fraction of sp³-hybridized carbons (Fsp3) is 0.333. The predicted molar refractivity (Wildman–Crippen MR) is 110 cm³/mol. The van der Waals surface area contributed by atoms with Gasteiger partial charge >= 0.3 is 11.9 Å². The van der Waals surface area contributed by atoms with Crippen molar-refractivity contribution in [3.8, 4) is 0 Å². The number of sulfonamides is 1. The molecular weight excluding hydrogens is 394 g/mol. The minimum Gasteiger partial charge on any atom is -0.462 e. The zero-order chi connectivity index (χ0) is 21.8. The van der Waals surface area contributed by atoms with Gasteiger partial charge in [0, 0.05) is 0 Å². The molecule has 2 rings (SSSR count). The van der Waals surface area contributed by atoms with E-state index in [1.54, 1.807) is 39.8 Å². The zero-order valence-corrected chi connectivity index (χ0v) is 18.0. The Hall–Kier alpha value is -2.87. The maximum atomic E-state index is 13.0. The summed E-state index contributed by atoms with van der Waals surface area (Å²) in [5, 5.41) is 0. The van der Waals surface area contributed by atoms with Crippen LogP contribution in [0.4, 0.5) is 5.69 Å². The van der Waals surface area contributed by atoms with Crippen LogP contribution in [-0.4, -0.2) is 33.6 Å². The molecule has 0 spiro atoms. The first-order valence-electron chi connectivity index (χ1n) is 9.19. The van der Waals surface area contributed by atoms with Gasteiger partial charge in [-0.05, 0) is 63.9 Å². The molecule has 0 aliphatic heterocycles. The van der Waals surface area contributed by atoms with Gasteiger partial charge in [0.2, 0.25) is 0 Å². The standard InChI is InChI=1S/C21H25NO6S/c1-6-27-20(23)16-10-17(21(24)28-7-2)12-18(11-16)22-29(25,26)19-14(4)8-13(3)9-15(19)5/h8-12,22H,6-7H2,1-5H3. The number of benzene rings is 2. The maximum absolute atomic E-state index is 13.0. The molecule has 0 fully saturated rings. The van der Waals surface area contributed by atoms with Crippen molar-refractivity contribution in [2.75, 3.05) is 17.9 Å². The highest BCUT2D eigenvalue weighted by Gasteiger charge is 2.22. The predicted octanol–water partition coefficient (Wildman–Crippen LogP) is 3.77. The minimum absolute atomic E-state index is 0.0486. The van der Waals surface area contributed by atoms with Crippen LogP contribution in [0, 0.1) is 20.8 Å². The summed E-state index contributed by atoms with van der Waals surface area (Å²) in [6, 6.07) is 7.53. The summed E-state index contributed by atoms with van der Waals surface area (Å²) < 4.78 is 38.5. The fourth-order valence-corrected chi connectivity index (χ4v) is 4.64. The molecule has 1 N–H and O–H groups in total. The van der Waals surface area contributed by atoms with Crippen molar-refractivity contribution >= 4 is 27.6 Å². The molecule has 0 aliphatic rings. The van der Waals surface area contributed by atoms with Crippen LogP contribution in [0.15, 0.2) is 35.2 Å². The van der Waals surface area contributed by atoms with E-state index in [-0.39, 0.29) is 34.9 Å². The highest BCUT2D eigenvalue weighted by molar-refractivity contribution is 7.92. The number of rotatable bonds is 7. The fourth-order valence-electron chi connectivity index (χ4n) is 3.15. The van der Waals surface area contributed by atoms with Gasteiger partial charge in [0.15, 0.2) is 0 Å². The van der Waals surface area contributed by atoms with Crippen molar-refractivity contribution in [1.82, 2.24) is 0 Å². The molecular formula is C21H25NO6S. The molecule has 0 saturated heterocycles. The van der Waals surface area contributed by atoms with Crippen molar-refractivity contribution in [2.45, 2.75) is 39.5 Å². The third kappa shape index (κ3) is 5.35. The summed E-state index contributed by atoms with van der Waals surface area (Å²) in [6.45, 7) is 8.91. The second-order valence-corrected chi connectivity index (χ2v) is 8.19. The summed E-state index contributed by atoms with van der Waals surface area (Å²) in [6.07, 6.45) is 0. The first kappa shape index (κ1) is 22.4. The SMILES string of the molecule is CCOC(=O)c1cc(NS(=O)(=O)c2c(C)cc(C)cc2C)cc(C(=O)OCC)c1. The van der Waals surface area contributed by atoms with E-state index in [4.69, 9.17) is 9.47 Å². The quantitative estimate of drug-likeness (QED) is 0.686. The lowest BCUT2D eigenvalue weighted by molar-refractivity contribution is 0.0525. The Morgan fingerprint density at radius 1 is 0.828 bits per heavy atom.